The molecule has 5 nitrogen and oxygen atoms in total. The van der Waals surface area contributed by atoms with Gasteiger partial charge in [0.2, 0.25) is 0 Å². The Morgan fingerprint density at radius 1 is 0.972 bits per heavy atom. The quantitative estimate of drug-likeness (QED) is 0.398. The first kappa shape index (κ1) is 21.7. The summed E-state index contributed by atoms with van der Waals surface area (Å²) in [4.78, 5) is 13.0. The van der Waals surface area contributed by atoms with Gasteiger partial charge in [-0.2, -0.15) is 0 Å². The van der Waals surface area contributed by atoms with Crippen LogP contribution in [0.5, 0.6) is 0 Å². The molecule has 36 heavy (non-hydrogen) atoms. The van der Waals surface area contributed by atoms with Gasteiger partial charge in [0.15, 0.2) is 0 Å². The van der Waals surface area contributed by atoms with Gasteiger partial charge in [-0.15, -0.1) is 0 Å². The summed E-state index contributed by atoms with van der Waals surface area (Å²) in [6.45, 7) is 5.49. The molecular formula is C31H30N4O. The molecule has 3 aromatic carbocycles. The van der Waals surface area contributed by atoms with Crippen molar-refractivity contribution in [2.75, 3.05) is 26.3 Å². The average molecular weight is 475 g/mol. The Morgan fingerprint density at radius 3 is 2.47 bits per heavy atom. The zero-order valence-electron chi connectivity index (χ0n) is 20.5. The summed E-state index contributed by atoms with van der Waals surface area (Å²) in [7, 11) is 0. The smallest absolute Gasteiger partial charge is 0.130 e. The maximum absolute atomic E-state index is 5.87. The van der Waals surface area contributed by atoms with Gasteiger partial charge in [0.25, 0.3) is 0 Å². The van der Waals surface area contributed by atoms with Crippen molar-refractivity contribution in [3.05, 3.63) is 102 Å². The number of amidine groups is 1. The van der Waals surface area contributed by atoms with Crippen molar-refractivity contribution in [3.8, 4) is 11.3 Å². The molecule has 0 bridgehead atoms. The van der Waals surface area contributed by atoms with E-state index >= 15 is 0 Å². The molecule has 1 aromatic heterocycles. The molecule has 0 saturated carbocycles. The number of rotatable bonds is 5. The van der Waals surface area contributed by atoms with E-state index in [0.29, 0.717) is 6.04 Å². The predicted octanol–water partition coefficient (Wildman–Crippen LogP) is 5.31. The minimum Gasteiger partial charge on any atom is -0.378 e. The van der Waals surface area contributed by atoms with Crippen LogP contribution in [0.15, 0.2) is 89.9 Å². The summed E-state index contributed by atoms with van der Waals surface area (Å²) in [6, 6.07) is 30.6. The van der Waals surface area contributed by atoms with Crippen molar-refractivity contribution in [3.63, 3.8) is 0 Å². The largest absolute Gasteiger partial charge is 0.378 e. The van der Waals surface area contributed by atoms with Crippen LogP contribution in [0.25, 0.3) is 22.2 Å². The highest BCUT2D eigenvalue weighted by molar-refractivity contribution is 6.13. The monoisotopic (exact) mass is 474 g/mol. The lowest BCUT2D eigenvalue weighted by Crippen LogP contribution is -2.43. The van der Waals surface area contributed by atoms with E-state index in [1.165, 1.54) is 16.7 Å². The third-order valence-electron chi connectivity index (χ3n) is 8.15. The molecule has 0 spiro atoms. The topological polar surface area (TPSA) is 49.5 Å². The van der Waals surface area contributed by atoms with Crippen LogP contribution in [-0.2, 0) is 10.3 Å². The zero-order valence-corrected chi connectivity index (χ0v) is 20.5. The Kier molecular flexibility index (Phi) is 5.15. The van der Waals surface area contributed by atoms with Gasteiger partial charge >= 0.3 is 0 Å². The summed E-state index contributed by atoms with van der Waals surface area (Å²) in [5.74, 6) is 0.984. The average Bonchev–Trinajstić information content (AvgIpc) is 3.51. The first-order valence-corrected chi connectivity index (χ1v) is 13.0. The van der Waals surface area contributed by atoms with E-state index in [0.717, 1.165) is 60.7 Å². The highest BCUT2D eigenvalue weighted by Crippen LogP contribution is 2.50. The predicted molar refractivity (Wildman–Crippen MR) is 144 cm³/mol. The molecule has 4 unspecified atom stereocenters. The first-order valence-electron chi connectivity index (χ1n) is 13.0. The number of hydrogen-bond donors (Lipinski definition) is 1. The minimum absolute atomic E-state index is 0.204. The van der Waals surface area contributed by atoms with Crippen molar-refractivity contribution >= 4 is 16.7 Å². The number of nitrogens with one attached hydrogen (secondary N) is 1. The van der Waals surface area contributed by atoms with Gasteiger partial charge in [-0.25, -0.2) is 4.98 Å². The molecule has 4 aromatic rings. The van der Waals surface area contributed by atoms with E-state index in [-0.39, 0.29) is 11.6 Å². The van der Waals surface area contributed by atoms with E-state index in [9.17, 15) is 0 Å². The van der Waals surface area contributed by atoms with Crippen molar-refractivity contribution in [1.82, 2.24) is 15.2 Å². The van der Waals surface area contributed by atoms with Gasteiger partial charge in [0.1, 0.15) is 5.84 Å². The van der Waals surface area contributed by atoms with Gasteiger partial charge < -0.3 is 10.1 Å². The minimum atomic E-state index is -0.204. The second-order valence-corrected chi connectivity index (χ2v) is 10.0. The highest BCUT2D eigenvalue weighted by atomic mass is 16.5. The summed E-state index contributed by atoms with van der Waals surface area (Å²) in [5.41, 5.74) is 6.77. The third-order valence-corrected chi connectivity index (χ3v) is 8.15. The molecule has 0 amide bonds. The van der Waals surface area contributed by atoms with Crippen LogP contribution in [0.4, 0.5) is 0 Å². The lowest BCUT2D eigenvalue weighted by Gasteiger charge is -2.30. The van der Waals surface area contributed by atoms with Gasteiger partial charge in [-0.1, -0.05) is 85.8 Å². The summed E-state index contributed by atoms with van der Waals surface area (Å²) in [5, 5.41) is 5.09. The standard InChI is InChI=1S/C31H30N4O/c1-2-31(22-13-7-4-8-14-22)20-32-30(34-31)26-23-15-9-10-16-24(23)33-28(21-11-5-3-6-12-21)27(26)29-25-19-36-18-17-35(25)29/h3-16,25,29H,2,17-20H2,1H3,(H,32,34). The maximum atomic E-state index is 5.87. The Balaban J connectivity index is 1.45. The van der Waals surface area contributed by atoms with Gasteiger partial charge in [-0.3, -0.25) is 9.89 Å². The lowest BCUT2D eigenvalue weighted by molar-refractivity contribution is 0.0873. The summed E-state index contributed by atoms with van der Waals surface area (Å²) >= 11 is 0. The number of morpholine rings is 1. The van der Waals surface area contributed by atoms with Crippen LogP contribution in [-0.4, -0.2) is 48.1 Å². The number of fused-ring (bicyclic) bond motifs is 2. The molecule has 180 valence electrons. The maximum Gasteiger partial charge on any atom is 0.130 e. The second-order valence-electron chi connectivity index (χ2n) is 10.0. The lowest BCUT2D eigenvalue weighted by atomic mass is 9.87. The van der Waals surface area contributed by atoms with Gasteiger partial charge in [0.05, 0.1) is 48.6 Å². The number of para-hydroxylation sites is 1. The molecule has 7 rings (SSSR count). The van der Waals surface area contributed by atoms with Crippen molar-refractivity contribution in [1.29, 1.82) is 0 Å². The molecule has 4 atom stereocenters. The van der Waals surface area contributed by atoms with Crippen LogP contribution in [0.1, 0.15) is 36.1 Å². The number of nitrogens with zero attached hydrogens (tertiary/aromatic N) is 3. The van der Waals surface area contributed by atoms with Crippen molar-refractivity contribution < 1.29 is 4.74 Å². The molecule has 2 saturated heterocycles. The normalized spacial score (nSPS) is 26.8. The molecule has 0 aliphatic carbocycles. The first-order chi connectivity index (χ1) is 17.8. The number of ether oxygens (including phenoxy) is 1. The number of aromatic nitrogens is 1. The van der Waals surface area contributed by atoms with Crippen molar-refractivity contribution in [2.24, 2.45) is 4.99 Å². The SMILES string of the molecule is CCC1(c2ccccc2)CN=C(c2c(C3C4COCCN43)c(-c3ccccc3)nc3ccccc23)N1. The molecule has 2 fully saturated rings. The van der Waals surface area contributed by atoms with Crippen LogP contribution in [0.3, 0.4) is 0 Å². The Morgan fingerprint density at radius 2 is 1.72 bits per heavy atom. The second kappa shape index (κ2) is 8.54. The Bertz CT molecular complexity index is 1440. The highest BCUT2D eigenvalue weighted by Gasteiger charge is 2.53. The number of benzene rings is 3. The molecule has 5 heteroatoms. The molecule has 0 radical (unpaired) electrons. The molecule has 4 heterocycles. The summed E-state index contributed by atoms with van der Waals surface area (Å²) in [6.07, 6.45) is 0.958. The molecule has 1 N–H and O–H groups in total. The molecule has 3 aliphatic rings. The number of hydrogen-bond acceptors (Lipinski definition) is 5. The fourth-order valence-corrected chi connectivity index (χ4v) is 6.13. The van der Waals surface area contributed by atoms with Crippen LogP contribution in [0.2, 0.25) is 0 Å². The fraction of sp³-hybridized carbons (Fsp3) is 0.290. The van der Waals surface area contributed by atoms with Crippen LogP contribution < -0.4 is 5.32 Å². The van der Waals surface area contributed by atoms with Crippen LogP contribution >= 0.6 is 0 Å². The van der Waals surface area contributed by atoms with Gasteiger partial charge in [0, 0.05) is 28.6 Å². The Labute approximate surface area is 211 Å². The summed E-state index contributed by atoms with van der Waals surface area (Å²) < 4.78 is 5.87. The van der Waals surface area contributed by atoms with E-state index in [1.54, 1.807) is 0 Å². The Hall–Kier alpha value is -3.54. The van der Waals surface area contributed by atoms with E-state index in [1.807, 2.05) is 0 Å². The zero-order chi connectivity index (χ0) is 24.1. The third kappa shape index (κ3) is 3.38. The molecular weight excluding hydrogens is 444 g/mol. The van der Waals surface area contributed by atoms with Gasteiger partial charge in [-0.05, 0) is 18.1 Å². The van der Waals surface area contributed by atoms with Crippen LogP contribution in [0, 0.1) is 0 Å². The fourth-order valence-electron chi connectivity index (χ4n) is 6.13. The van der Waals surface area contributed by atoms with E-state index in [4.69, 9.17) is 14.7 Å². The van der Waals surface area contributed by atoms with E-state index < -0.39 is 0 Å². The number of aliphatic imine (C=N–C) groups is 1. The van der Waals surface area contributed by atoms with E-state index in [2.05, 4.69) is 102 Å². The number of pyridine rings is 1. The molecule has 3 aliphatic heterocycles. The van der Waals surface area contributed by atoms with Crippen molar-refractivity contribution in [2.45, 2.75) is 31.0 Å².